The first-order valence-electron chi connectivity index (χ1n) is 19.9. The van der Waals surface area contributed by atoms with Crippen molar-refractivity contribution in [2.45, 2.75) is 19.3 Å². The second kappa shape index (κ2) is 13.6. The first kappa shape index (κ1) is 34.3. The maximum Gasteiger partial charge on any atom is 0.160 e. The predicted octanol–water partition coefficient (Wildman–Crippen LogP) is 15.2. The van der Waals surface area contributed by atoms with Gasteiger partial charge in [-0.25, -0.2) is 9.97 Å². The van der Waals surface area contributed by atoms with Crippen LogP contribution >= 0.6 is 11.3 Å². The third-order valence-corrected chi connectivity index (χ3v) is 13.1. The van der Waals surface area contributed by atoms with E-state index in [1.54, 1.807) is 0 Å². The fourth-order valence-corrected chi connectivity index (χ4v) is 9.92. The molecule has 0 spiro atoms. The lowest BCUT2D eigenvalue weighted by Crippen LogP contribution is -2.14. The van der Waals surface area contributed by atoms with Gasteiger partial charge < -0.3 is 0 Å². The summed E-state index contributed by atoms with van der Waals surface area (Å²) in [5, 5.41) is 2.58. The highest BCUT2D eigenvalue weighted by Crippen LogP contribution is 2.49. The van der Waals surface area contributed by atoms with Gasteiger partial charge in [0.2, 0.25) is 0 Å². The Hall–Kier alpha value is -6.94. The van der Waals surface area contributed by atoms with Gasteiger partial charge in [0.1, 0.15) is 0 Å². The highest BCUT2D eigenvalue weighted by atomic mass is 32.1. The second-order valence-corrected chi connectivity index (χ2v) is 16.9. The molecule has 0 saturated heterocycles. The molecule has 0 aliphatic heterocycles. The van der Waals surface area contributed by atoms with E-state index >= 15 is 0 Å². The average Bonchev–Trinajstić information content (AvgIpc) is 3.77. The molecule has 0 amide bonds. The van der Waals surface area contributed by atoms with Crippen molar-refractivity contribution < 1.29 is 0 Å². The minimum atomic E-state index is -0.00845. The van der Waals surface area contributed by atoms with E-state index in [0.717, 1.165) is 44.8 Å². The molecular formula is C55H38N2S. The van der Waals surface area contributed by atoms with Crippen LogP contribution < -0.4 is 0 Å². The molecule has 2 nitrogen and oxygen atoms in total. The summed E-state index contributed by atoms with van der Waals surface area (Å²) in [5.74, 6) is 0.708. The lowest BCUT2D eigenvalue weighted by molar-refractivity contribution is 0.660. The molecule has 3 heteroatoms. The zero-order chi connectivity index (χ0) is 38.8. The normalized spacial score (nSPS) is 12.8. The van der Waals surface area contributed by atoms with Crippen LogP contribution in [0.5, 0.6) is 0 Å². The molecule has 8 aromatic carbocycles. The Labute approximate surface area is 342 Å². The van der Waals surface area contributed by atoms with Crippen molar-refractivity contribution >= 4 is 31.5 Å². The molecule has 58 heavy (non-hydrogen) atoms. The average molecular weight is 759 g/mol. The maximum absolute atomic E-state index is 5.25. The summed E-state index contributed by atoms with van der Waals surface area (Å²) in [5.41, 5.74) is 17.4. The van der Waals surface area contributed by atoms with Crippen molar-refractivity contribution in [3.63, 3.8) is 0 Å². The molecule has 1 aliphatic rings. The fourth-order valence-electron chi connectivity index (χ4n) is 8.84. The Morgan fingerprint density at radius 3 is 1.66 bits per heavy atom. The molecular weight excluding hydrogens is 721 g/mol. The number of aromatic nitrogens is 2. The van der Waals surface area contributed by atoms with Crippen LogP contribution in [0.15, 0.2) is 194 Å². The Balaban J connectivity index is 1.06. The Bertz CT molecular complexity index is 3120. The SMILES string of the molecule is CC1(C)c2ccccc2-c2cc(-c3ccc(-c4cc(-c5ccc6sc7ccccc7c6c5)cc(-c5cc(-c6ccccc6)nc(-c6ccccc6)n5)c4)cc3)ccc21. The van der Waals surface area contributed by atoms with Crippen LogP contribution in [-0.2, 0) is 5.41 Å². The third kappa shape index (κ3) is 5.86. The van der Waals surface area contributed by atoms with Crippen LogP contribution in [0.3, 0.4) is 0 Å². The number of rotatable bonds is 6. The van der Waals surface area contributed by atoms with E-state index in [0.29, 0.717) is 5.82 Å². The quantitative estimate of drug-likeness (QED) is 0.169. The number of hydrogen-bond donors (Lipinski definition) is 0. The summed E-state index contributed by atoms with van der Waals surface area (Å²) in [6.45, 7) is 4.67. The van der Waals surface area contributed by atoms with Crippen LogP contribution in [0.25, 0.3) is 98.6 Å². The molecule has 0 bridgehead atoms. The van der Waals surface area contributed by atoms with E-state index < -0.39 is 0 Å². The lowest BCUT2D eigenvalue weighted by atomic mass is 9.82. The minimum absolute atomic E-state index is 0.00845. The molecule has 0 atom stereocenters. The van der Waals surface area contributed by atoms with Crippen LogP contribution in [0.4, 0.5) is 0 Å². The second-order valence-electron chi connectivity index (χ2n) is 15.8. The summed E-state index contributed by atoms with van der Waals surface area (Å²) < 4.78 is 2.61. The highest BCUT2D eigenvalue weighted by Gasteiger charge is 2.35. The van der Waals surface area contributed by atoms with Gasteiger partial charge in [0.25, 0.3) is 0 Å². The van der Waals surface area contributed by atoms with Crippen molar-refractivity contribution in [2.75, 3.05) is 0 Å². The Morgan fingerprint density at radius 1 is 0.345 bits per heavy atom. The third-order valence-electron chi connectivity index (χ3n) is 11.9. The summed E-state index contributed by atoms with van der Waals surface area (Å²) in [6.07, 6.45) is 0. The molecule has 0 unspecified atom stereocenters. The smallest absolute Gasteiger partial charge is 0.160 e. The van der Waals surface area contributed by atoms with Gasteiger partial charge in [-0.1, -0.05) is 159 Å². The Morgan fingerprint density at radius 2 is 0.879 bits per heavy atom. The topological polar surface area (TPSA) is 25.8 Å². The largest absolute Gasteiger partial charge is 0.228 e. The molecule has 2 aromatic heterocycles. The van der Waals surface area contributed by atoms with Crippen molar-refractivity contribution in [2.24, 2.45) is 0 Å². The lowest BCUT2D eigenvalue weighted by Gasteiger charge is -2.21. The Kier molecular flexibility index (Phi) is 8.06. The molecule has 1 aliphatic carbocycles. The fraction of sp³-hybridized carbons (Fsp3) is 0.0545. The van der Waals surface area contributed by atoms with Crippen LogP contribution in [0.1, 0.15) is 25.0 Å². The van der Waals surface area contributed by atoms with Gasteiger partial charge in [-0.05, 0) is 104 Å². The molecule has 274 valence electrons. The van der Waals surface area contributed by atoms with E-state index in [-0.39, 0.29) is 5.41 Å². The zero-order valence-corrected chi connectivity index (χ0v) is 33.1. The van der Waals surface area contributed by atoms with E-state index in [1.165, 1.54) is 59.1 Å². The van der Waals surface area contributed by atoms with E-state index in [2.05, 4.69) is 184 Å². The summed E-state index contributed by atoms with van der Waals surface area (Å²) in [7, 11) is 0. The highest BCUT2D eigenvalue weighted by molar-refractivity contribution is 7.25. The predicted molar refractivity (Wildman–Crippen MR) is 245 cm³/mol. The number of benzene rings is 8. The molecule has 11 rings (SSSR count). The van der Waals surface area contributed by atoms with Crippen LogP contribution in [0.2, 0.25) is 0 Å². The minimum Gasteiger partial charge on any atom is -0.228 e. The molecule has 2 heterocycles. The maximum atomic E-state index is 5.25. The first-order chi connectivity index (χ1) is 28.5. The van der Waals surface area contributed by atoms with Crippen LogP contribution in [-0.4, -0.2) is 9.97 Å². The van der Waals surface area contributed by atoms with Crippen LogP contribution in [0, 0.1) is 0 Å². The van der Waals surface area contributed by atoms with E-state index in [4.69, 9.17) is 9.97 Å². The van der Waals surface area contributed by atoms with Gasteiger partial charge in [-0.2, -0.15) is 0 Å². The monoisotopic (exact) mass is 758 g/mol. The van der Waals surface area contributed by atoms with Crippen molar-refractivity contribution in [3.8, 4) is 78.4 Å². The van der Waals surface area contributed by atoms with Gasteiger partial charge in [0.15, 0.2) is 5.82 Å². The number of hydrogen-bond acceptors (Lipinski definition) is 3. The van der Waals surface area contributed by atoms with Gasteiger partial charge >= 0.3 is 0 Å². The number of fused-ring (bicyclic) bond motifs is 6. The van der Waals surface area contributed by atoms with Gasteiger partial charge in [-0.3, -0.25) is 0 Å². The molecule has 0 saturated carbocycles. The van der Waals surface area contributed by atoms with Gasteiger partial charge in [0, 0.05) is 42.3 Å². The van der Waals surface area contributed by atoms with Gasteiger partial charge in [-0.15, -0.1) is 11.3 Å². The van der Waals surface area contributed by atoms with Crippen molar-refractivity contribution in [3.05, 3.63) is 205 Å². The summed E-state index contributed by atoms with van der Waals surface area (Å²) >= 11 is 1.85. The van der Waals surface area contributed by atoms with Crippen molar-refractivity contribution in [1.82, 2.24) is 9.97 Å². The molecule has 0 N–H and O–H groups in total. The number of thiophene rings is 1. The van der Waals surface area contributed by atoms with E-state index in [9.17, 15) is 0 Å². The number of nitrogens with zero attached hydrogens (tertiary/aromatic N) is 2. The molecule has 0 radical (unpaired) electrons. The molecule has 0 fully saturated rings. The summed E-state index contributed by atoms with van der Waals surface area (Å²) in [4.78, 5) is 10.3. The first-order valence-corrected chi connectivity index (χ1v) is 20.7. The summed E-state index contributed by atoms with van der Waals surface area (Å²) in [6, 6.07) is 70.3. The van der Waals surface area contributed by atoms with E-state index in [1.807, 2.05) is 35.6 Å². The zero-order valence-electron chi connectivity index (χ0n) is 32.3. The van der Waals surface area contributed by atoms with Gasteiger partial charge in [0.05, 0.1) is 11.4 Å². The molecule has 10 aromatic rings. The van der Waals surface area contributed by atoms with Crippen molar-refractivity contribution in [1.29, 1.82) is 0 Å². The standard InChI is InChI=1S/C55H38N2S/c1-55(2)48-19-11-9-17-44(48)46-32-39(25-27-49(46)55)35-21-23-36(24-22-35)41-29-42(40-26-28-53-47(33-40)45-18-10-12-20-52(45)58-53)31-43(30-41)51-34-50(37-13-5-3-6-14-37)56-54(57-51)38-15-7-4-8-16-38/h3-34H,1-2H3.